The molecule has 1 aliphatic carbocycles. The van der Waals surface area contributed by atoms with Gasteiger partial charge in [0.2, 0.25) is 0 Å². The van der Waals surface area contributed by atoms with Crippen molar-refractivity contribution in [2.75, 3.05) is 6.61 Å². The van der Waals surface area contributed by atoms with Crippen molar-refractivity contribution in [2.24, 2.45) is 5.92 Å². The molecule has 4 rings (SSSR count). The van der Waals surface area contributed by atoms with Crippen LogP contribution in [0.1, 0.15) is 49.3 Å². The van der Waals surface area contributed by atoms with Crippen molar-refractivity contribution in [1.82, 2.24) is 9.78 Å². The van der Waals surface area contributed by atoms with E-state index in [9.17, 15) is 4.39 Å². The summed E-state index contributed by atoms with van der Waals surface area (Å²) >= 11 is 0. The molecule has 0 saturated carbocycles. The molecular weight excluding hydrogens is 363 g/mol. The Hall–Kier alpha value is -2.72. The zero-order valence-corrected chi connectivity index (χ0v) is 17.2. The molecule has 2 aromatic carbocycles. The summed E-state index contributed by atoms with van der Waals surface area (Å²) in [7, 11) is 0. The Morgan fingerprint density at radius 1 is 1.21 bits per heavy atom. The maximum Gasteiger partial charge on any atom is 0.126 e. The van der Waals surface area contributed by atoms with Crippen molar-refractivity contribution < 1.29 is 9.13 Å². The lowest BCUT2D eigenvalue weighted by molar-refractivity contribution is 0.0622. The van der Waals surface area contributed by atoms with Gasteiger partial charge in [-0.15, -0.1) is 0 Å². The highest BCUT2D eigenvalue weighted by atomic mass is 19.1. The number of fused-ring (bicyclic) bond motifs is 1. The maximum absolute atomic E-state index is 14.7. The number of allylic oxidation sites excluding steroid dienone is 1. The van der Waals surface area contributed by atoms with Crippen molar-refractivity contribution in [1.29, 1.82) is 0 Å². The Bertz CT molecular complexity index is 1020. The van der Waals surface area contributed by atoms with Crippen LogP contribution in [0.25, 0.3) is 11.8 Å². The first-order valence-corrected chi connectivity index (χ1v) is 10.3. The molecule has 0 bridgehead atoms. The molecule has 0 N–H and O–H groups in total. The third-order valence-corrected chi connectivity index (χ3v) is 5.77. The normalized spacial score (nSPS) is 17.0. The fourth-order valence-corrected chi connectivity index (χ4v) is 3.95. The Kier molecular flexibility index (Phi) is 5.63. The highest BCUT2D eigenvalue weighted by Gasteiger charge is 2.21. The van der Waals surface area contributed by atoms with Gasteiger partial charge in [-0.1, -0.05) is 42.8 Å². The molecule has 1 aromatic heterocycles. The molecule has 0 spiro atoms. The lowest BCUT2D eigenvalue weighted by Crippen LogP contribution is -2.11. The van der Waals surface area contributed by atoms with E-state index in [4.69, 9.17) is 4.74 Å². The van der Waals surface area contributed by atoms with Crippen molar-refractivity contribution in [3.8, 4) is 5.69 Å². The maximum atomic E-state index is 14.7. The largest absolute Gasteiger partial charge is 0.373 e. The Morgan fingerprint density at radius 2 is 2.00 bits per heavy atom. The van der Waals surface area contributed by atoms with E-state index >= 15 is 0 Å². The monoisotopic (exact) mass is 390 g/mol. The van der Waals surface area contributed by atoms with Crippen molar-refractivity contribution >= 4 is 6.08 Å². The minimum atomic E-state index is -0.212. The van der Waals surface area contributed by atoms with Gasteiger partial charge in [0.1, 0.15) is 5.82 Å². The van der Waals surface area contributed by atoms with Crippen LogP contribution in [-0.2, 0) is 17.6 Å². The number of hydrogen-bond acceptors (Lipinski definition) is 2. The fourth-order valence-electron chi connectivity index (χ4n) is 3.95. The molecule has 2 atom stereocenters. The van der Waals surface area contributed by atoms with E-state index in [1.54, 1.807) is 6.07 Å². The number of rotatable bonds is 6. The molecule has 1 aliphatic rings. The second kappa shape index (κ2) is 8.34. The van der Waals surface area contributed by atoms with Crippen LogP contribution in [0.4, 0.5) is 4.39 Å². The van der Waals surface area contributed by atoms with E-state index in [1.165, 1.54) is 17.2 Å². The van der Waals surface area contributed by atoms with Gasteiger partial charge in [0.15, 0.2) is 0 Å². The van der Waals surface area contributed by atoms with E-state index in [-0.39, 0.29) is 11.9 Å². The first-order valence-electron chi connectivity index (χ1n) is 10.3. The smallest absolute Gasteiger partial charge is 0.126 e. The zero-order chi connectivity index (χ0) is 20.4. The summed E-state index contributed by atoms with van der Waals surface area (Å²) in [5, 5.41) is 4.60. The predicted molar refractivity (Wildman–Crippen MR) is 115 cm³/mol. The number of aromatic nitrogens is 2. The van der Waals surface area contributed by atoms with Gasteiger partial charge < -0.3 is 4.74 Å². The van der Waals surface area contributed by atoms with Crippen LogP contribution < -0.4 is 0 Å². The molecule has 3 nitrogen and oxygen atoms in total. The van der Waals surface area contributed by atoms with E-state index in [2.05, 4.69) is 25.0 Å². The third kappa shape index (κ3) is 4.03. The second-order valence-corrected chi connectivity index (χ2v) is 7.79. The average Bonchev–Trinajstić information content (AvgIpc) is 3.12. The van der Waals surface area contributed by atoms with E-state index in [1.807, 2.05) is 54.2 Å². The summed E-state index contributed by atoms with van der Waals surface area (Å²) in [5.74, 6) is 0.317. The number of benzene rings is 2. The molecule has 1 unspecified atom stereocenters. The van der Waals surface area contributed by atoms with Crippen LogP contribution in [0.3, 0.4) is 0 Å². The minimum Gasteiger partial charge on any atom is -0.373 e. The predicted octanol–water partition coefficient (Wildman–Crippen LogP) is 5.93. The molecule has 4 heteroatoms. The van der Waals surface area contributed by atoms with Gasteiger partial charge in [0, 0.05) is 13.0 Å². The summed E-state index contributed by atoms with van der Waals surface area (Å²) in [4.78, 5) is 0. The molecule has 3 aromatic rings. The summed E-state index contributed by atoms with van der Waals surface area (Å²) in [6, 6.07) is 15.2. The molecule has 0 amide bonds. The van der Waals surface area contributed by atoms with Gasteiger partial charge in [-0.05, 0) is 67.2 Å². The third-order valence-electron chi connectivity index (χ3n) is 5.77. The molecule has 1 heterocycles. The lowest BCUT2D eigenvalue weighted by atomic mass is 9.89. The van der Waals surface area contributed by atoms with Crippen molar-refractivity contribution in [2.45, 2.75) is 39.7 Å². The molecule has 0 radical (unpaired) electrons. The van der Waals surface area contributed by atoms with Gasteiger partial charge in [-0.25, -0.2) is 9.07 Å². The highest BCUT2D eigenvalue weighted by Crippen LogP contribution is 2.30. The Morgan fingerprint density at radius 3 is 2.76 bits per heavy atom. The average molecular weight is 391 g/mol. The standard InChI is InChI=1S/C25H27FN2O/c1-4-29-25(19-8-6-5-7-9-19)15-20-14-22(10-11-23(20)26)28-24-13-18(3)17(2)12-21(24)16-27-28/h5-11,13-14,16-17,25H,4,12,15H2,1-3H3/t17-,25?/m1/s1. The Labute approximate surface area is 171 Å². The molecule has 150 valence electrons. The second-order valence-electron chi connectivity index (χ2n) is 7.79. The fraction of sp³-hybridized carbons (Fsp3) is 0.320. The van der Waals surface area contributed by atoms with Gasteiger partial charge in [0.25, 0.3) is 0 Å². The number of hydrogen-bond donors (Lipinski definition) is 0. The topological polar surface area (TPSA) is 27.1 Å². The number of nitrogens with zero attached hydrogens (tertiary/aromatic N) is 2. The van der Waals surface area contributed by atoms with Gasteiger partial charge in [-0.3, -0.25) is 0 Å². The molecule has 0 saturated heterocycles. The summed E-state index contributed by atoms with van der Waals surface area (Å²) in [5.41, 5.74) is 6.27. The van der Waals surface area contributed by atoms with E-state index < -0.39 is 0 Å². The van der Waals surface area contributed by atoms with Gasteiger partial charge in [-0.2, -0.15) is 5.10 Å². The lowest BCUT2D eigenvalue weighted by Gasteiger charge is -2.20. The summed E-state index contributed by atoms with van der Waals surface area (Å²) in [6.45, 7) is 6.94. The number of halogens is 1. The summed E-state index contributed by atoms with van der Waals surface area (Å²) in [6.07, 6.45) is 5.43. The van der Waals surface area contributed by atoms with Crippen molar-refractivity contribution in [3.63, 3.8) is 0 Å². The first-order chi connectivity index (χ1) is 14.1. The molecular formula is C25H27FN2O. The SMILES string of the molecule is CCOC(Cc1cc(-n2ncc3c2C=C(C)[C@H](C)C3)ccc1F)c1ccccc1. The van der Waals surface area contributed by atoms with Crippen LogP contribution >= 0.6 is 0 Å². The van der Waals surface area contributed by atoms with Crippen LogP contribution in [0.15, 0.2) is 60.3 Å². The highest BCUT2D eigenvalue weighted by molar-refractivity contribution is 5.59. The summed E-state index contributed by atoms with van der Waals surface area (Å²) < 4.78 is 22.5. The van der Waals surface area contributed by atoms with Crippen LogP contribution in [-0.4, -0.2) is 16.4 Å². The van der Waals surface area contributed by atoms with Crippen molar-refractivity contribution in [3.05, 3.63) is 88.5 Å². The number of ether oxygens (including phenoxy) is 1. The molecule has 29 heavy (non-hydrogen) atoms. The van der Waals surface area contributed by atoms with Crippen LogP contribution in [0, 0.1) is 11.7 Å². The Balaban J connectivity index is 1.68. The van der Waals surface area contributed by atoms with E-state index in [0.717, 1.165) is 23.4 Å². The van der Waals surface area contributed by atoms with Gasteiger partial charge >= 0.3 is 0 Å². The molecule has 0 fully saturated rings. The quantitative estimate of drug-likeness (QED) is 0.522. The van der Waals surface area contributed by atoms with Gasteiger partial charge in [0.05, 0.1) is 23.7 Å². The van der Waals surface area contributed by atoms with Crippen LogP contribution in [0.2, 0.25) is 0 Å². The van der Waals surface area contributed by atoms with E-state index in [0.29, 0.717) is 24.5 Å². The zero-order valence-electron chi connectivity index (χ0n) is 17.2. The molecule has 0 aliphatic heterocycles. The first kappa shape index (κ1) is 19.6. The van der Waals surface area contributed by atoms with Crippen LogP contribution in [0.5, 0.6) is 0 Å². The minimum absolute atomic E-state index is 0.180.